The molecule has 2 aromatic carbocycles. The maximum Gasteiger partial charge on any atom is 0.247 e. The van der Waals surface area contributed by atoms with E-state index in [9.17, 15) is 19.2 Å². The van der Waals surface area contributed by atoms with Crippen molar-refractivity contribution < 1.29 is 19.2 Å². The Morgan fingerprint density at radius 1 is 0.905 bits per heavy atom. The van der Waals surface area contributed by atoms with Crippen LogP contribution in [0.2, 0.25) is 0 Å². The lowest BCUT2D eigenvalue weighted by atomic mass is 10.0. The van der Waals surface area contributed by atoms with Gasteiger partial charge in [-0.1, -0.05) is 99.2 Å². The maximum absolute atomic E-state index is 13.6. The molecule has 1 aliphatic rings. The van der Waals surface area contributed by atoms with Gasteiger partial charge in [0.2, 0.25) is 23.6 Å². The van der Waals surface area contributed by atoms with Crippen LogP contribution in [0.1, 0.15) is 57.1 Å². The van der Waals surface area contributed by atoms with Gasteiger partial charge >= 0.3 is 0 Å². The average Bonchev–Trinajstić information content (AvgIpc) is 2.98. The van der Waals surface area contributed by atoms with Crippen molar-refractivity contribution in [3.8, 4) is 0 Å². The minimum absolute atomic E-state index is 0.0269. The number of nitrogens with one attached hydrogen (secondary N) is 4. The van der Waals surface area contributed by atoms with Gasteiger partial charge in [0.05, 0.1) is 0 Å². The summed E-state index contributed by atoms with van der Waals surface area (Å²) in [6.45, 7) is 4.29. The van der Waals surface area contributed by atoms with Gasteiger partial charge in [-0.2, -0.15) is 0 Å². The van der Waals surface area contributed by atoms with Crippen LogP contribution in [0.3, 0.4) is 0 Å². The topological polar surface area (TPSA) is 116 Å². The zero-order valence-electron chi connectivity index (χ0n) is 24.7. The first-order valence-corrected chi connectivity index (χ1v) is 14.9. The van der Waals surface area contributed by atoms with Crippen molar-refractivity contribution in [2.24, 2.45) is 5.92 Å². The predicted molar refractivity (Wildman–Crippen MR) is 165 cm³/mol. The molecule has 3 rings (SSSR count). The molecule has 8 heteroatoms. The van der Waals surface area contributed by atoms with Crippen LogP contribution in [0.25, 0.3) is 0 Å². The van der Waals surface area contributed by atoms with Gasteiger partial charge in [-0.25, -0.2) is 0 Å². The standard InChI is InChI=1S/C34H44N4O4/c1-25(2)28-21-22-31(39)35-23-13-12-19-29(33(41)37-28)38-34(42)30(24-27-17-9-4-10-18-27)36-32(40)20-11-5-8-16-26-14-6-3-7-15-26/h3-4,6-7,9-10,12,14-15,17-19,21-22,25,28-30H,5,8,11,13,16,20,23-24H2,1-2H3,(H,35,39)(H,36,40)(H,37,41)(H,38,42)/b19-12+,22-21+. The normalized spacial score (nSPS) is 19.8. The third-order valence-electron chi connectivity index (χ3n) is 7.15. The van der Waals surface area contributed by atoms with Crippen LogP contribution in [0.5, 0.6) is 0 Å². The molecular formula is C34H44N4O4. The van der Waals surface area contributed by atoms with E-state index in [4.69, 9.17) is 0 Å². The molecule has 224 valence electrons. The molecule has 0 radical (unpaired) electrons. The van der Waals surface area contributed by atoms with Crippen molar-refractivity contribution in [3.05, 3.63) is 96.1 Å². The highest BCUT2D eigenvalue weighted by atomic mass is 16.2. The smallest absolute Gasteiger partial charge is 0.247 e. The van der Waals surface area contributed by atoms with Gasteiger partial charge in [0, 0.05) is 31.5 Å². The van der Waals surface area contributed by atoms with Gasteiger partial charge in [-0.3, -0.25) is 19.2 Å². The van der Waals surface area contributed by atoms with Gasteiger partial charge in [0.25, 0.3) is 0 Å². The number of hydrogen-bond donors (Lipinski definition) is 4. The third-order valence-corrected chi connectivity index (χ3v) is 7.15. The lowest BCUT2D eigenvalue weighted by Gasteiger charge is -2.25. The van der Waals surface area contributed by atoms with Crippen molar-refractivity contribution in [1.29, 1.82) is 0 Å². The molecule has 2 aromatic rings. The Balaban J connectivity index is 1.64. The second-order valence-corrected chi connectivity index (χ2v) is 11.0. The van der Waals surface area contributed by atoms with E-state index in [0.717, 1.165) is 31.2 Å². The predicted octanol–water partition coefficient (Wildman–Crippen LogP) is 3.77. The molecular weight excluding hydrogens is 528 g/mol. The van der Waals surface area contributed by atoms with Crippen LogP contribution in [0, 0.1) is 5.92 Å². The van der Waals surface area contributed by atoms with Gasteiger partial charge < -0.3 is 21.3 Å². The molecule has 4 amide bonds. The Morgan fingerprint density at radius 2 is 1.60 bits per heavy atom. The molecule has 42 heavy (non-hydrogen) atoms. The highest BCUT2D eigenvalue weighted by Crippen LogP contribution is 2.10. The first-order valence-electron chi connectivity index (χ1n) is 14.9. The molecule has 3 atom stereocenters. The number of amides is 4. The van der Waals surface area contributed by atoms with E-state index in [1.165, 1.54) is 11.6 Å². The zero-order chi connectivity index (χ0) is 30.2. The van der Waals surface area contributed by atoms with Crippen LogP contribution in [-0.2, 0) is 32.0 Å². The van der Waals surface area contributed by atoms with Gasteiger partial charge in [0.1, 0.15) is 12.1 Å². The number of benzene rings is 2. The molecule has 0 saturated heterocycles. The lowest BCUT2D eigenvalue weighted by Crippen LogP contribution is -2.55. The molecule has 1 aliphatic heterocycles. The van der Waals surface area contributed by atoms with E-state index in [-0.39, 0.29) is 23.6 Å². The second kappa shape index (κ2) is 17.6. The van der Waals surface area contributed by atoms with E-state index in [0.29, 0.717) is 25.8 Å². The molecule has 0 spiro atoms. The molecule has 0 saturated carbocycles. The largest absolute Gasteiger partial charge is 0.352 e. The SMILES string of the molecule is CC(C)C1/C=C/C(=O)NCC/C=C/C(NC(=O)C(Cc2ccccc2)NC(=O)CCCCCc2ccccc2)C(=O)N1. The van der Waals surface area contributed by atoms with Crippen molar-refractivity contribution >= 4 is 23.6 Å². The van der Waals surface area contributed by atoms with Crippen molar-refractivity contribution in [1.82, 2.24) is 21.3 Å². The van der Waals surface area contributed by atoms with E-state index in [1.807, 2.05) is 62.4 Å². The molecule has 0 aromatic heterocycles. The van der Waals surface area contributed by atoms with E-state index < -0.39 is 24.0 Å². The zero-order valence-corrected chi connectivity index (χ0v) is 24.7. The average molecular weight is 573 g/mol. The minimum Gasteiger partial charge on any atom is -0.352 e. The Labute approximate surface area is 249 Å². The second-order valence-electron chi connectivity index (χ2n) is 11.0. The summed E-state index contributed by atoms with van der Waals surface area (Å²) in [4.78, 5) is 51.7. The first kappa shape index (κ1) is 32.3. The van der Waals surface area contributed by atoms with Crippen molar-refractivity contribution in [2.45, 2.75) is 76.9 Å². The molecule has 0 fully saturated rings. The Hall–Kier alpha value is -4.20. The van der Waals surface area contributed by atoms with E-state index >= 15 is 0 Å². The number of hydrogen-bond acceptors (Lipinski definition) is 4. The van der Waals surface area contributed by atoms with Gasteiger partial charge in [-0.15, -0.1) is 0 Å². The quantitative estimate of drug-likeness (QED) is 0.229. The van der Waals surface area contributed by atoms with Gasteiger partial charge in [-0.05, 0) is 42.7 Å². The summed E-state index contributed by atoms with van der Waals surface area (Å²) < 4.78 is 0. The molecule has 8 nitrogen and oxygen atoms in total. The third kappa shape index (κ3) is 11.7. The number of carbonyl (C=O) groups is 4. The number of rotatable bonds is 12. The number of unbranched alkanes of at least 4 members (excludes halogenated alkanes) is 2. The van der Waals surface area contributed by atoms with Crippen LogP contribution < -0.4 is 21.3 Å². The fourth-order valence-corrected chi connectivity index (χ4v) is 4.67. The monoisotopic (exact) mass is 572 g/mol. The molecule has 0 bridgehead atoms. The molecule has 1 heterocycles. The minimum atomic E-state index is -0.935. The maximum atomic E-state index is 13.6. The highest BCUT2D eigenvalue weighted by molar-refractivity contribution is 5.93. The summed E-state index contributed by atoms with van der Waals surface area (Å²) in [5.74, 6) is -1.20. The van der Waals surface area contributed by atoms with Crippen LogP contribution >= 0.6 is 0 Å². The van der Waals surface area contributed by atoms with Crippen molar-refractivity contribution in [2.75, 3.05) is 6.54 Å². The summed E-state index contributed by atoms with van der Waals surface area (Å²) in [6, 6.07) is 17.6. The summed E-state index contributed by atoms with van der Waals surface area (Å²) in [7, 11) is 0. The van der Waals surface area contributed by atoms with Crippen LogP contribution in [0.4, 0.5) is 0 Å². The van der Waals surface area contributed by atoms with Gasteiger partial charge in [0.15, 0.2) is 0 Å². The summed E-state index contributed by atoms with van der Waals surface area (Å²) in [6.07, 6.45) is 11.2. The first-order chi connectivity index (χ1) is 20.3. The number of carbonyl (C=O) groups excluding carboxylic acids is 4. The Morgan fingerprint density at radius 3 is 2.29 bits per heavy atom. The van der Waals surface area contributed by atoms with Crippen LogP contribution in [0.15, 0.2) is 85.0 Å². The van der Waals surface area contributed by atoms with Crippen molar-refractivity contribution in [3.63, 3.8) is 0 Å². The summed E-state index contributed by atoms with van der Waals surface area (Å²) in [5.41, 5.74) is 2.19. The highest BCUT2D eigenvalue weighted by Gasteiger charge is 2.27. The Bertz CT molecular complexity index is 1210. The Kier molecular flexibility index (Phi) is 13.5. The lowest BCUT2D eigenvalue weighted by molar-refractivity contribution is -0.131. The summed E-state index contributed by atoms with van der Waals surface area (Å²) in [5, 5.41) is 11.5. The van der Waals surface area contributed by atoms with E-state index in [2.05, 4.69) is 33.4 Å². The molecule has 3 unspecified atom stereocenters. The van der Waals surface area contributed by atoms with E-state index in [1.54, 1.807) is 18.2 Å². The fraction of sp³-hybridized carbons (Fsp3) is 0.412. The summed E-state index contributed by atoms with van der Waals surface area (Å²) >= 11 is 0. The molecule has 0 aliphatic carbocycles. The van der Waals surface area contributed by atoms with Crippen LogP contribution in [-0.4, -0.2) is 48.3 Å². The molecule has 4 N–H and O–H groups in total. The number of aryl methyl sites for hydroxylation is 1. The fourth-order valence-electron chi connectivity index (χ4n) is 4.67.